The van der Waals surface area contributed by atoms with E-state index in [0.29, 0.717) is 5.56 Å². The molecule has 40 heavy (non-hydrogen) atoms. The largest absolute Gasteiger partial charge is 0.508 e. The molecule has 2 saturated carbocycles. The zero-order valence-electron chi connectivity index (χ0n) is 22.7. The first-order chi connectivity index (χ1) is 18.8. The van der Waals surface area contributed by atoms with Gasteiger partial charge >= 0.3 is 5.97 Å². The molecule has 4 aliphatic rings. The molecule has 1 unspecified atom stereocenters. The zero-order chi connectivity index (χ0) is 29.3. The van der Waals surface area contributed by atoms with E-state index in [-0.39, 0.29) is 29.2 Å². The number of phenolic OH excluding ortho intramolecular Hbond substituents is 1. The van der Waals surface area contributed by atoms with E-state index in [0.717, 1.165) is 25.7 Å². The summed E-state index contributed by atoms with van der Waals surface area (Å²) in [7, 11) is 3.04. The molecule has 11 nitrogen and oxygen atoms in total. The number of carbonyl (C=O) groups is 3. The van der Waals surface area contributed by atoms with Gasteiger partial charge in [-0.1, -0.05) is 31.9 Å². The fourth-order valence-corrected chi connectivity index (χ4v) is 7.41. The van der Waals surface area contributed by atoms with Crippen molar-refractivity contribution in [3.8, 4) is 5.75 Å². The predicted octanol–water partition coefficient (Wildman–Crippen LogP) is 1.42. The molecule has 11 heteroatoms. The summed E-state index contributed by atoms with van der Waals surface area (Å²) in [6, 6.07) is 3.27. The van der Waals surface area contributed by atoms with Crippen LogP contribution in [0.1, 0.15) is 56.1 Å². The summed E-state index contributed by atoms with van der Waals surface area (Å²) in [6.45, 7) is 1.74. The number of phenols is 1. The molecule has 4 aliphatic carbocycles. The highest BCUT2D eigenvalue weighted by Crippen LogP contribution is 2.57. The Morgan fingerprint density at radius 1 is 1.18 bits per heavy atom. The van der Waals surface area contributed by atoms with Gasteiger partial charge in [-0.05, 0) is 50.4 Å². The average Bonchev–Trinajstić information content (AvgIpc) is 3.38. The number of aliphatic hydroxyl groups is 4. The van der Waals surface area contributed by atoms with Crippen LogP contribution in [0.4, 0.5) is 0 Å². The van der Waals surface area contributed by atoms with Crippen molar-refractivity contribution in [3.63, 3.8) is 0 Å². The standard InChI is InChI=1S/C29H36N2O9/c1-12-14-9-6-10-15(32)18(14)23(34)19-17(12)25(40-16(33)11-13-7-4-5-8-13)21-22(31(2)3)24(35)20(28(30)38)27(37)29(21,39)26(19)36/h6,9-10,12-13,17,21-22,25,28,32,34,37-39H,4-5,7-8,11,30H2,1-3H3/t12-,17+,21+,22-,25-,28?,29-/m0/s1. The van der Waals surface area contributed by atoms with E-state index in [4.69, 9.17) is 10.5 Å². The fraction of sp³-hybridized carbons (Fsp3) is 0.552. The van der Waals surface area contributed by atoms with Crippen molar-refractivity contribution in [3.05, 3.63) is 46.2 Å². The number of esters is 1. The Hall–Kier alpha value is -3.25. The van der Waals surface area contributed by atoms with E-state index >= 15 is 0 Å². The molecular weight excluding hydrogens is 520 g/mol. The van der Waals surface area contributed by atoms with Gasteiger partial charge in [-0.2, -0.15) is 0 Å². The van der Waals surface area contributed by atoms with Crippen molar-refractivity contribution in [2.24, 2.45) is 23.5 Å². The number of hydrogen-bond donors (Lipinski definition) is 6. The molecule has 0 radical (unpaired) electrons. The summed E-state index contributed by atoms with van der Waals surface area (Å²) in [4.78, 5) is 42.6. The highest BCUT2D eigenvalue weighted by molar-refractivity contribution is 6.14. The Bertz CT molecular complexity index is 1330. The first-order valence-electron chi connectivity index (χ1n) is 13.6. The number of nitrogens with zero attached hydrogens (tertiary/aromatic N) is 1. The van der Waals surface area contributed by atoms with Crippen LogP contribution >= 0.6 is 0 Å². The topological polar surface area (TPSA) is 191 Å². The van der Waals surface area contributed by atoms with Crippen LogP contribution in [0.2, 0.25) is 0 Å². The van der Waals surface area contributed by atoms with E-state index in [1.54, 1.807) is 19.1 Å². The minimum atomic E-state index is -2.88. The summed E-state index contributed by atoms with van der Waals surface area (Å²) in [5, 5.41) is 55.5. The summed E-state index contributed by atoms with van der Waals surface area (Å²) >= 11 is 0. The summed E-state index contributed by atoms with van der Waals surface area (Å²) in [5.41, 5.74) is 2.12. The van der Waals surface area contributed by atoms with Crippen LogP contribution in [-0.2, 0) is 19.1 Å². The SMILES string of the molecule is C[C@H]1c2cccc(O)c2C(O)=C2C(=O)[C@]3(O)C(O)=C(C(N)O)C(=O)[C@@H](N(C)C)[C@@H]3[C@@H](OC(=O)CC3CCCC3)[C@@H]21. The molecule has 0 spiro atoms. The van der Waals surface area contributed by atoms with Gasteiger partial charge < -0.3 is 36.0 Å². The van der Waals surface area contributed by atoms with Crippen molar-refractivity contribution < 1.29 is 44.7 Å². The minimum absolute atomic E-state index is 0.00807. The maximum absolute atomic E-state index is 14.2. The van der Waals surface area contributed by atoms with E-state index in [9.17, 15) is 39.9 Å². The summed E-state index contributed by atoms with van der Waals surface area (Å²) < 4.78 is 6.08. The molecule has 7 atom stereocenters. The first-order valence-corrected chi connectivity index (χ1v) is 13.6. The molecule has 7 N–H and O–H groups in total. The lowest BCUT2D eigenvalue weighted by atomic mass is 9.54. The van der Waals surface area contributed by atoms with Gasteiger partial charge in [0.15, 0.2) is 11.4 Å². The number of aliphatic hydroxyl groups excluding tert-OH is 3. The monoisotopic (exact) mass is 556 g/mol. The Labute approximate surface area is 231 Å². The van der Waals surface area contributed by atoms with E-state index in [1.165, 1.54) is 25.1 Å². The molecule has 0 amide bonds. The number of rotatable bonds is 5. The molecule has 0 saturated heterocycles. The average molecular weight is 557 g/mol. The lowest BCUT2D eigenvalue weighted by molar-refractivity contribution is -0.186. The highest BCUT2D eigenvalue weighted by Gasteiger charge is 2.69. The molecule has 216 valence electrons. The zero-order valence-corrected chi connectivity index (χ0v) is 22.7. The minimum Gasteiger partial charge on any atom is -0.508 e. The number of fused-ring (bicyclic) bond motifs is 3. The molecule has 1 aromatic rings. The molecule has 0 heterocycles. The summed E-state index contributed by atoms with van der Waals surface area (Å²) in [6.07, 6.45) is 0.459. The van der Waals surface area contributed by atoms with Gasteiger partial charge in [-0.25, -0.2) is 0 Å². The Kier molecular flexibility index (Phi) is 7.06. The van der Waals surface area contributed by atoms with Crippen molar-refractivity contribution >= 4 is 23.3 Å². The van der Waals surface area contributed by atoms with Gasteiger partial charge in [-0.3, -0.25) is 19.3 Å². The molecule has 5 rings (SSSR count). The number of aromatic hydroxyl groups is 1. The molecule has 2 fully saturated rings. The first kappa shape index (κ1) is 28.3. The van der Waals surface area contributed by atoms with Crippen molar-refractivity contribution in [1.82, 2.24) is 4.90 Å². The molecule has 0 aliphatic heterocycles. The number of Topliss-reactive ketones (excluding diaryl/α,β-unsaturated/α-hetero) is 2. The number of nitrogens with two attached hydrogens (primary N) is 1. The van der Waals surface area contributed by atoms with Crippen LogP contribution < -0.4 is 5.73 Å². The smallest absolute Gasteiger partial charge is 0.306 e. The van der Waals surface area contributed by atoms with Gasteiger partial charge in [0, 0.05) is 17.9 Å². The third-order valence-corrected chi connectivity index (χ3v) is 9.25. The number of benzene rings is 1. The Morgan fingerprint density at radius 3 is 2.42 bits per heavy atom. The number of ether oxygens (including phenoxy) is 1. The second-order valence-corrected chi connectivity index (χ2v) is 11.7. The Balaban J connectivity index is 1.76. The number of carbonyl (C=O) groups excluding carboxylic acids is 3. The predicted molar refractivity (Wildman–Crippen MR) is 142 cm³/mol. The maximum Gasteiger partial charge on any atom is 0.306 e. The number of ketones is 2. The third-order valence-electron chi connectivity index (χ3n) is 9.25. The second kappa shape index (κ2) is 9.99. The van der Waals surface area contributed by atoms with E-state index < -0.39 is 76.4 Å². The fourth-order valence-electron chi connectivity index (χ4n) is 7.41. The van der Waals surface area contributed by atoms with Crippen LogP contribution in [0.15, 0.2) is 35.1 Å². The highest BCUT2D eigenvalue weighted by atomic mass is 16.5. The van der Waals surface area contributed by atoms with Gasteiger partial charge in [0.1, 0.15) is 29.6 Å². The second-order valence-electron chi connectivity index (χ2n) is 11.7. The van der Waals surface area contributed by atoms with Crippen LogP contribution in [-0.4, -0.2) is 86.0 Å². The van der Waals surface area contributed by atoms with Crippen molar-refractivity contribution in [1.29, 1.82) is 0 Å². The van der Waals surface area contributed by atoms with Gasteiger partial charge in [0.25, 0.3) is 0 Å². The van der Waals surface area contributed by atoms with Crippen LogP contribution in [0, 0.1) is 17.8 Å². The van der Waals surface area contributed by atoms with Crippen LogP contribution in [0.5, 0.6) is 5.75 Å². The molecule has 0 bridgehead atoms. The number of hydrogen-bond acceptors (Lipinski definition) is 11. The third kappa shape index (κ3) is 3.98. The van der Waals surface area contributed by atoms with Crippen LogP contribution in [0.25, 0.3) is 5.76 Å². The quantitative estimate of drug-likeness (QED) is 0.227. The van der Waals surface area contributed by atoms with E-state index in [1.807, 2.05) is 0 Å². The van der Waals surface area contributed by atoms with Crippen molar-refractivity contribution in [2.75, 3.05) is 14.1 Å². The summed E-state index contributed by atoms with van der Waals surface area (Å²) in [5.74, 6) is -7.62. The lowest BCUT2D eigenvalue weighted by Gasteiger charge is -2.55. The molecular formula is C29H36N2O9. The van der Waals surface area contributed by atoms with Gasteiger partial charge in [-0.15, -0.1) is 0 Å². The molecule has 0 aromatic heterocycles. The van der Waals surface area contributed by atoms with Gasteiger partial charge in [0.05, 0.1) is 23.1 Å². The van der Waals surface area contributed by atoms with Crippen molar-refractivity contribution in [2.45, 2.75) is 68.9 Å². The number of likely N-dealkylation sites (N-methyl/N-ethyl adjacent to an activating group) is 1. The normalized spacial score (nSPS) is 33.1. The molecule has 1 aromatic carbocycles. The van der Waals surface area contributed by atoms with Gasteiger partial charge in [0.2, 0.25) is 5.78 Å². The lowest BCUT2D eigenvalue weighted by Crippen LogP contribution is -2.71. The van der Waals surface area contributed by atoms with Crippen LogP contribution in [0.3, 0.4) is 0 Å². The Morgan fingerprint density at radius 2 is 1.82 bits per heavy atom. The van der Waals surface area contributed by atoms with E-state index in [2.05, 4.69) is 0 Å². The maximum atomic E-state index is 14.2.